The number of nitrogens with one attached hydrogen (secondary N) is 2. The summed E-state index contributed by atoms with van der Waals surface area (Å²) in [5, 5.41) is 5.34. The first-order valence-electron chi connectivity index (χ1n) is 7.78. The zero-order valence-corrected chi connectivity index (χ0v) is 15.8. The molecule has 0 bridgehead atoms. The van der Waals surface area contributed by atoms with Crippen LogP contribution in [-0.4, -0.2) is 61.8 Å². The van der Waals surface area contributed by atoms with Gasteiger partial charge in [-0.3, -0.25) is 4.79 Å². The van der Waals surface area contributed by atoms with Gasteiger partial charge >= 0.3 is 20.8 Å². The SMILES string of the molecule is CCC(C)C(=O)OCCNC(=O)NCCC[Si](OC)(OC)OC. The normalized spacial score (nSPS) is 12.6. The first-order chi connectivity index (χ1) is 10.9. The minimum Gasteiger partial charge on any atom is -0.464 e. The first-order valence-corrected chi connectivity index (χ1v) is 9.71. The van der Waals surface area contributed by atoms with Gasteiger partial charge in [0.05, 0.1) is 12.5 Å². The molecule has 0 saturated carbocycles. The third-order valence-electron chi connectivity index (χ3n) is 3.52. The summed E-state index contributed by atoms with van der Waals surface area (Å²) in [6.45, 7) is 4.66. The van der Waals surface area contributed by atoms with Crippen LogP contribution < -0.4 is 10.6 Å². The molecular formula is C14H30N2O6Si. The predicted octanol–water partition coefficient (Wildman–Crippen LogP) is 1.14. The third kappa shape index (κ3) is 8.89. The molecule has 2 N–H and O–H groups in total. The highest BCUT2D eigenvalue weighted by Gasteiger charge is 2.36. The topological polar surface area (TPSA) is 95.1 Å². The van der Waals surface area contributed by atoms with Crippen molar-refractivity contribution in [3.05, 3.63) is 0 Å². The molecule has 0 heterocycles. The second-order valence-electron chi connectivity index (χ2n) is 5.06. The lowest BCUT2D eigenvalue weighted by molar-refractivity contribution is -0.147. The van der Waals surface area contributed by atoms with Gasteiger partial charge in [-0.1, -0.05) is 13.8 Å². The quantitative estimate of drug-likeness (QED) is 0.311. The number of urea groups is 1. The summed E-state index contributed by atoms with van der Waals surface area (Å²) in [6, 6.07) is 0.313. The van der Waals surface area contributed by atoms with E-state index >= 15 is 0 Å². The maximum absolute atomic E-state index is 11.6. The van der Waals surface area contributed by atoms with Crippen molar-refractivity contribution in [2.24, 2.45) is 5.92 Å². The molecule has 2 amide bonds. The van der Waals surface area contributed by atoms with Gasteiger partial charge < -0.3 is 28.6 Å². The Hall–Kier alpha value is -1.16. The molecule has 0 rings (SSSR count). The Morgan fingerprint density at radius 3 is 2.13 bits per heavy atom. The smallest absolute Gasteiger partial charge is 0.464 e. The van der Waals surface area contributed by atoms with Crippen LogP contribution in [0.5, 0.6) is 0 Å². The number of carbonyl (C=O) groups is 2. The minimum absolute atomic E-state index is 0.115. The van der Waals surface area contributed by atoms with E-state index in [4.69, 9.17) is 18.0 Å². The van der Waals surface area contributed by atoms with Crippen molar-refractivity contribution in [2.75, 3.05) is 41.0 Å². The summed E-state index contributed by atoms with van der Waals surface area (Å²) in [5.41, 5.74) is 0. The number of hydrogen-bond donors (Lipinski definition) is 2. The van der Waals surface area contributed by atoms with Crippen LogP contribution in [-0.2, 0) is 22.8 Å². The van der Waals surface area contributed by atoms with Crippen molar-refractivity contribution in [3.63, 3.8) is 0 Å². The molecule has 0 aromatic carbocycles. The van der Waals surface area contributed by atoms with Crippen LogP contribution in [0.1, 0.15) is 26.7 Å². The second kappa shape index (κ2) is 12.3. The van der Waals surface area contributed by atoms with E-state index in [1.54, 1.807) is 21.3 Å². The van der Waals surface area contributed by atoms with Crippen molar-refractivity contribution in [3.8, 4) is 0 Å². The standard InChI is InChI=1S/C14H30N2O6Si/c1-6-12(2)13(17)22-10-9-16-14(18)15-8-7-11-23(19-3,20-4)21-5/h12H,6-11H2,1-5H3,(H2,15,16,18). The van der Waals surface area contributed by atoms with E-state index < -0.39 is 8.80 Å². The van der Waals surface area contributed by atoms with Crippen LogP contribution in [0.15, 0.2) is 0 Å². The van der Waals surface area contributed by atoms with E-state index in [-0.39, 0.29) is 31.1 Å². The van der Waals surface area contributed by atoms with Crippen molar-refractivity contribution < 1.29 is 27.6 Å². The van der Waals surface area contributed by atoms with Gasteiger partial charge in [-0.2, -0.15) is 0 Å². The summed E-state index contributed by atoms with van der Waals surface area (Å²) in [6.07, 6.45) is 1.42. The van der Waals surface area contributed by atoms with Gasteiger partial charge in [-0.15, -0.1) is 0 Å². The highest BCUT2D eigenvalue weighted by molar-refractivity contribution is 6.60. The molecule has 23 heavy (non-hydrogen) atoms. The lowest BCUT2D eigenvalue weighted by atomic mass is 10.1. The Morgan fingerprint density at radius 2 is 1.61 bits per heavy atom. The average Bonchev–Trinajstić information content (AvgIpc) is 2.58. The number of amides is 2. The minimum atomic E-state index is -2.58. The van der Waals surface area contributed by atoms with E-state index in [1.165, 1.54) is 0 Å². The molecule has 0 spiro atoms. The molecule has 0 aliphatic heterocycles. The van der Waals surface area contributed by atoms with E-state index in [2.05, 4.69) is 10.6 Å². The molecule has 0 aliphatic rings. The Balaban J connectivity index is 3.74. The Kier molecular flexibility index (Phi) is 11.7. The highest BCUT2D eigenvalue weighted by atomic mass is 28.4. The molecule has 0 saturated heterocycles. The van der Waals surface area contributed by atoms with Gasteiger partial charge in [0, 0.05) is 33.9 Å². The molecule has 136 valence electrons. The van der Waals surface area contributed by atoms with Crippen molar-refractivity contribution in [2.45, 2.75) is 32.7 Å². The van der Waals surface area contributed by atoms with Gasteiger partial charge in [0.1, 0.15) is 6.61 Å². The van der Waals surface area contributed by atoms with Crippen molar-refractivity contribution in [1.82, 2.24) is 10.6 Å². The van der Waals surface area contributed by atoms with Crippen molar-refractivity contribution in [1.29, 1.82) is 0 Å². The summed E-state index contributed by atoms with van der Waals surface area (Å²) in [5.74, 6) is -0.356. The number of hydrogen-bond acceptors (Lipinski definition) is 6. The van der Waals surface area contributed by atoms with Gasteiger partial charge in [0.25, 0.3) is 0 Å². The molecule has 0 fully saturated rings. The summed E-state index contributed by atoms with van der Waals surface area (Å²) < 4.78 is 20.9. The lowest BCUT2D eigenvalue weighted by Gasteiger charge is -2.24. The summed E-state index contributed by atoms with van der Waals surface area (Å²) in [7, 11) is 2.09. The fraction of sp³-hybridized carbons (Fsp3) is 0.857. The lowest BCUT2D eigenvalue weighted by Crippen LogP contribution is -2.44. The number of ether oxygens (including phenoxy) is 1. The first kappa shape index (κ1) is 21.8. The maximum Gasteiger partial charge on any atom is 0.500 e. The van der Waals surface area contributed by atoms with Crippen LogP contribution in [0.25, 0.3) is 0 Å². The summed E-state index contributed by atoms with van der Waals surface area (Å²) in [4.78, 5) is 23.0. The fourth-order valence-electron chi connectivity index (χ4n) is 1.75. The van der Waals surface area contributed by atoms with Crippen LogP contribution in [0.3, 0.4) is 0 Å². The third-order valence-corrected chi connectivity index (χ3v) is 6.36. The Bertz CT molecular complexity index is 344. The average molecular weight is 350 g/mol. The number of esters is 1. The number of carbonyl (C=O) groups excluding carboxylic acids is 2. The van der Waals surface area contributed by atoms with Gasteiger partial charge in [-0.25, -0.2) is 4.79 Å². The zero-order valence-electron chi connectivity index (χ0n) is 14.8. The van der Waals surface area contributed by atoms with Gasteiger partial charge in [-0.05, 0) is 12.8 Å². The van der Waals surface area contributed by atoms with Crippen LogP contribution in [0.4, 0.5) is 4.79 Å². The van der Waals surface area contributed by atoms with Crippen LogP contribution in [0, 0.1) is 5.92 Å². The molecule has 0 aliphatic carbocycles. The molecule has 1 atom stereocenters. The molecular weight excluding hydrogens is 320 g/mol. The van der Waals surface area contributed by atoms with Crippen molar-refractivity contribution >= 4 is 20.8 Å². The molecule has 8 nitrogen and oxygen atoms in total. The monoisotopic (exact) mass is 350 g/mol. The van der Waals surface area contributed by atoms with E-state index in [9.17, 15) is 9.59 Å². The van der Waals surface area contributed by atoms with Crippen LogP contribution >= 0.6 is 0 Å². The molecule has 0 radical (unpaired) electrons. The van der Waals surface area contributed by atoms with E-state index in [0.29, 0.717) is 19.0 Å². The zero-order chi connectivity index (χ0) is 17.7. The Morgan fingerprint density at radius 1 is 1.04 bits per heavy atom. The molecule has 0 aromatic rings. The van der Waals surface area contributed by atoms with Crippen LogP contribution in [0.2, 0.25) is 6.04 Å². The fourth-order valence-corrected chi connectivity index (χ4v) is 3.47. The van der Waals surface area contributed by atoms with E-state index in [0.717, 1.165) is 6.42 Å². The largest absolute Gasteiger partial charge is 0.500 e. The molecule has 1 unspecified atom stereocenters. The summed E-state index contributed by atoms with van der Waals surface area (Å²) >= 11 is 0. The van der Waals surface area contributed by atoms with E-state index in [1.807, 2.05) is 13.8 Å². The molecule has 9 heteroatoms. The maximum atomic E-state index is 11.6. The second-order valence-corrected chi connectivity index (χ2v) is 8.15. The predicted molar refractivity (Wildman–Crippen MR) is 88.0 cm³/mol. The Labute approximate surface area is 139 Å². The molecule has 0 aromatic heterocycles. The van der Waals surface area contributed by atoms with Gasteiger partial charge in [0.2, 0.25) is 0 Å². The number of rotatable bonds is 12. The highest BCUT2D eigenvalue weighted by Crippen LogP contribution is 2.14. The van der Waals surface area contributed by atoms with Gasteiger partial charge in [0.15, 0.2) is 0 Å².